The van der Waals surface area contributed by atoms with E-state index in [-0.39, 0.29) is 5.91 Å². The highest BCUT2D eigenvalue weighted by Crippen LogP contribution is 2.10. The lowest BCUT2D eigenvalue weighted by atomic mass is 10.1. The van der Waals surface area contributed by atoms with Gasteiger partial charge in [0.05, 0.1) is 0 Å². The summed E-state index contributed by atoms with van der Waals surface area (Å²) in [6.07, 6.45) is 14.3. The fourth-order valence-electron chi connectivity index (χ4n) is 2.52. The smallest absolute Gasteiger partial charge is 0.231 e. The van der Waals surface area contributed by atoms with Crippen molar-refractivity contribution < 1.29 is 4.79 Å². The molecule has 21 heavy (non-hydrogen) atoms. The standard InChI is InChI=1S/C17H37N3O/c1-3-4-5-6-7-8-9-10-11-12-15-20(16-13-14-18)19-17(2)21/h3-16,18H2,1-2H3,(H,19,21). The fourth-order valence-corrected chi connectivity index (χ4v) is 2.52. The third kappa shape index (κ3) is 15.6. The zero-order chi connectivity index (χ0) is 15.8. The number of rotatable bonds is 15. The maximum atomic E-state index is 11.1. The van der Waals surface area contributed by atoms with Gasteiger partial charge in [0.2, 0.25) is 5.91 Å². The number of hydrazine groups is 1. The molecule has 0 aromatic carbocycles. The molecule has 126 valence electrons. The van der Waals surface area contributed by atoms with Crippen LogP contribution in [0.1, 0.15) is 84.5 Å². The van der Waals surface area contributed by atoms with Crippen molar-refractivity contribution in [2.45, 2.75) is 84.5 Å². The van der Waals surface area contributed by atoms with Gasteiger partial charge in [-0.1, -0.05) is 64.7 Å². The number of amides is 1. The van der Waals surface area contributed by atoms with Crippen molar-refractivity contribution in [2.75, 3.05) is 19.6 Å². The molecule has 0 fully saturated rings. The third-order valence-corrected chi connectivity index (χ3v) is 3.73. The summed E-state index contributed by atoms with van der Waals surface area (Å²) in [4.78, 5) is 11.1. The maximum Gasteiger partial charge on any atom is 0.231 e. The van der Waals surface area contributed by atoms with E-state index in [9.17, 15) is 4.79 Å². The van der Waals surface area contributed by atoms with Crippen LogP contribution in [0.2, 0.25) is 0 Å². The molecule has 0 aliphatic carbocycles. The largest absolute Gasteiger partial charge is 0.330 e. The molecule has 0 aromatic rings. The molecule has 0 atom stereocenters. The van der Waals surface area contributed by atoms with Gasteiger partial charge >= 0.3 is 0 Å². The van der Waals surface area contributed by atoms with Gasteiger partial charge in [0.15, 0.2) is 0 Å². The Bertz CT molecular complexity index is 234. The SMILES string of the molecule is CCCCCCCCCCCCN(CCCN)NC(C)=O. The van der Waals surface area contributed by atoms with E-state index in [1.165, 1.54) is 57.8 Å². The topological polar surface area (TPSA) is 58.4 Å². The Balaban J connectivity index is 3.42. The first-order valence-corrected chi connectivity index (χ1v) is 8.93. The summed E-state index contributed by atoms with van der Waals surface area (Å²) in [5, 5.41) is 2.01. The summed E-state index contributed by atoms with van der Waals surface area (Å²) >= 11 is 0. The third-order valence-electron chi connectivity index (χ3n) is 3.73. The Labute approximate surface area is 131 Å². The second-order valence-corrected chi connectivity index (χ2v) is 5.98. The average molecular weight is 300 g/mol. The van der Waals surface area contributed by atoms with Gasteiger partial charge in [-0.05, 0) is 19.4 Å². The van der Waals surface area contributed by atoms with Crippen LogP contribution in [-0.4, -0.2) is 30.6 Å². The van der Waals surface area contributed by atoms with Crippen LogP contribution < -0.4 is 11.2 Å². The highest BCUT2D eigenvalue weighted by Gasteiger charge is 2.05. The number of hydrogen-bond donors (Lipinski definition) is 2. The first-order valence-electron chi connectivity index (χ1n) is 8.93. The summed E-state index contributed by atoms with van der Waals surface area (Å²) < 4.78 is 0. The van der Waals surface area contributed by atoms with E-state index < -0.39 is 0 Å². The lowest BCUT2D eigenvalue weighted by Crippen LogP contribution is -2.42. The molecule has 0 rings (SSSR count). The Hall–Kier alpha value is -0.610. The van der Waals surface area contributed by atoms with Gasteiger partial charge in [-0.3, -0.25) is 10.2 Å². The molecule has 0 spiro atoms. The predicted octanol–water partition coefficient (Wildman–Crippen LogP) is 3.61. The minimum atomic E-state index is 0.0131. The first kappa shape index (κ1) is 20.4. The molecule has 0 aromatic heterocycles. The highest BCUT2D eigenvalue weighted by atomic mass is 16.2. The molecule has 3 N–H and O–H groups in total. The summed E-state index contributed by atoms with van der Waals surface area (Å²) in [5.74, 6) is 0.0131. The number of carbonyl (C=O) groups excluding carboxylic acids is 1. The molecule has 1 amide bonds. The minimum absolute atomic E-state index is 0.0131. The molecular weight excluding hydrogens is 262 g/mol. The van der Waals surface area contributed by atoms with Crippen LogP contribution in [0.15, 0.2) is 0 Å². The van der Waals surface area contributed by atoms with E-state index in [0.29, 0.717) is 6.54 Å². The Morgan fingerprint density at radius 2 is 1.33 bits per heavy atom. The number of unbranched alkanes of at least 4 members (excludes halogenated alkanes) is 9. The number of nitrogens with one attached hydrogen (secondary N) is 1. The summed E-state index contributed by atoms with van der Waals surface area (Å²) in [6.45, 7) is 6.30. The molecule has 0 bridgehead atoms. The van der Waals surface area contributed by atoms with Crippen LogP contribution in [0.5, 0.6) is 0 Å². The monoisotopic (exact) mass is 299 g/mol. The Morgan fingerprint density at radius 1 is 0.857 bits per heavy atom. The number of nitrogens with zero attached hydrogens (tertiary/aromatic N) is 1. The molecule has 0 saturated heterocycles. The van der Waals surface area contributed by atoms with Crippen molar-refractivity contribution in [1.82, 2.24) is 10.4 Å². The zero-order valence-corrected chi connectivity index (χ0v) is 14.3. The van der Waals surface area contributed by atoms with Gasteiger partial charge in [0.1, 0.15) is 0 Å². The van der Waals surface area contributed by atoms with Crippen molar-refractivity contribution in [1.29, 1.82) is 0 Å². The van der Waals surface area contributed by atoms with E-state index >= 15 is 0 Å². The lowest BCUT2D eigenvalue weighted by molar-refractivity contribution is -0.123. The second-order valence-electron chi connectivity index (χ2n) is 5.98. The molecule has 0 radical (unpaired) electrons. The summed E-state index contributed by atoms with van der Waals surface area (Å²) in [7, 11) is 0. The summed E-state index contributed by atoms with van der Waals surface area (Å²) in [6, 6.07) is 0. The van der Waals surface area contributed by atoms with Crippen molar-refractivity contribution in [3.8, 4) is 0 Å². The molecule has 0 unspecified atom stereocenters. The van der Waals surface area contributed by atoms with Crippen molar-refractivity contribution in [3.63, 3.8) is 0 Å². The highest BCUT2D eigenvalue weighted by molar-refractivity contribution is 5.72. The molecule has 0 aliphatic heterocycles. The van der Waals surface area contributed by atoms with Crippen LogP contribution in [0, 0.1) is 0 Å². The average Bonchev–Trinajstić information content (AvgIpc) is 2.46. The van der Waals surface area contributed by atoms with Gasteiger partial charge in [-0.15, -0.1) is 0 Å². The lowest BCUT2D eigenvalue weighted by Gasteiger charge is -2.22. The van der Waals surface area contributed by atoms with Crippen LogP contribution in [0.25, 0.3) is 0 Å². The van der Waals surface area contributed by atoms with Gasteiger partial charge in [0, 0.05) is 20.0 Å². The van der Waals surface area contributed by atoms with Gasteiger partial charge in [-0.25, -0.2) is 5.01 Å². The van der Waals surface area contributed by atoms with Crippen LogP contribution in [0.4, 0.5) is 0 Å². The van der Waals surface area contributed by atoms with Crippen LogP contribution >= 0.6 is 0 Å². The van der Waals surface area contributed by atoms with E-state index in [2.05, 4.69) is 12.3 Å². The quantitative estimate of drug-likeness (QED) is 0.359. The molecule has 0 aliphatic rings. The first-order chi connectivity index (χ1) is 10.2. The molecule has 4 nitrogen and oxygen atoms in total. The van der Waals surface area contributed by atoms with E-state index in [1.54, 1.807) is 6.92 Å². The molecule has 0 heterocycles. The van der Waals surface area contributed by atoms with Gasteiger partial charge < -0.3 is 5.73 Å². The van der Waals surface area contributed by atoms with Crippen LogP contribution in [0.3, 0.4) is 0 Å². The Kier molecular flexibility index (Phi) is 15.3. The molecule has 0 saturated carbocycles. The number of carbonyl (C=O) groups is 1. The van der Waals surface area contributed by atoms with E-state index in [4.69, 9.17) is 5.73 Å². The minimum Gasteiger partial charge on any atom is -0.330 e. The predicted molar refractivity (Wildman–Crippen MR) is 90.9 cm³/mol. The Morgan fingerprint density at radius 3 is 1.81 bits per heavy atom. The van der Waals surface area contributed by atoms with E-state index in [1.807, 2.05) is 5.01 Å². The molecule has 4 heteroatoms. The molecular formula is C17H37N3O. The van der Waals surface area contributed by atoms with Crippen molar-refractivity contribution in [3.05, 3.63) is 0 Å². The van der Waals surface area contributed by atoms with Crippen molar-refractivity contribution in [2.24, 2.45) is 5.73 Å². The van der Waals surface area contributed by atoms with Crippen LogP contribution in [-0.2, 0) is 4.79 Å². The van der Waals surface area contributed by atoms with E-state index in [0.717, 1.165) is 25.9 Å². The van der Waals surface area contributed by atoms with Gasteiger partial charge in [0.25, 0.3) is 0 Å². The maximum absolute atomic E-state index is 11.1. The summed E-state index contributed by atoms with van der Waals surface area (Å²) in [5.41, 5.74) is 8.41. The second kappa shape index (κ2) is 15.8. The zero-order valence-electron chi connectivity index (χ0n) is 14.3. The fraction of sp³-hybridized carbons (Fsp3) is 0.941. The van der Waals surface area contributed by atoms with Crippen molar-refractivity contribution >= 4 is 5.91 Å². The van der Waals surface area contributed by atoms with Gasteiger partial charge in [-0.2, -0.15) is 0 Å². The number of nitrogens with two attached hydrogens (primary N) is 1. The normalized spacial score (nSPS) is 11.0. The number of hydrogen-bond acceptors (Lipinski definition) is 3.